The average Bonchev–Trinajstić information content (AvgIpc) is 3.36. The second-order valence-corrected chi connectivity index (χ2v) is 22.6. The fourth-order valence-electron chi connectivity index (χ4n) is 10.5. The van der Waals surface area contributed by atoms with Crippen LogP contribution in [0.15, 0.2) is 0 Å². The molecule has 0 aromatic heterocycles. The van der Waals surface area contributed by atoms with Gasteiger partial charge in [-0.2, -0.15) is 0 Å². The van der Waals surface area contributed by atoms with E-state index < -0.39 is 6.10 Å². The largest absolute Gasteiger partial charge is 0.462 e. The molecule has 0 radical (unpaired) electrons. The van der Waals surface area contributed by atoms with Gasteiger partial charge in [-0.1, -0.05) is 361 Å². The Hall–Kier alpha value is -1.10. The first-order valence-corrected chi connectivity index (χ1v) is 32.6. The third kappa shape index (κ3) is 59.5. The molecule has 1 N–H and O–H groups in total. The lowest BCUT2D eigenvalue weighted by Crippen LogP contribution is -2.28. The highest BCUT2D eigenvalue weighted by Gasteiger charge is 2.16. The molecule has 0 aromatic carbocycles. The molecule has 0 rings (SSSR count). The van der Waals surface area contributed by atoms with Crippen LogP contribution < -0.4 is 0 Å². The fourth-order valence-corrected chi connectivity index (χ4v) is 10.5. The quantitative estimate of drug-likeness (QED) is 0.0486. The van der Waals surface area contributed by atoms with Crippen LogP contribution in [0, 0.1) is 0 Å². The van der Waals surface area contributed by atoms with E-state index >= 15 is 0 Å². The molecule has 70 heavy (non-hydrogen) atoms. The van der Waals surface area contributed by atoms with Crippen LogP contribution in [-0.4, -0.2) is 36.4 Å². The van der Waals surface area contributed by atoms with Crippen LogP contribution in [0.1, 0.15) is 386 Å². The summed E-state index contributed by atoms with van der Waals surface area (Å²) >= 11 is 0. The molecule has 0 fully saturated rings. The van der Waals surface area contributed by atoms with Gasteiger partial charge < -0.3 is 14.6 Å². The van der Waals surface area contributed by atoms with Gasteiger partial charge >= 0.3 is 11.9 Å². The molecule has 0 aromatic rings. The molecule has 418 valence electrons. The van der Waals surface area contributed by atoms with E-state index in [0.717, 1.165) is 32.1 Å². The molecule has 0 bridgehead atoms. The van der Waals surface area contributed by atoms with Crippen molar-refractivity contribution in [3.8, 4) is 0 Å². The van der Waals surface area contributed by atoms with E-state index in [4.69, 9.17) is 9.47 Å². The minimum atomic E-state index is -0.764. The van der Waals surface area contributed by atoms with Crippen molar-refractivity contribution >= 4 is 11.9 Å². The van der Waals surface area contributed by atoms with Gasteiger partial charge in [-0.05, 0) is 12.8 Å². The van der Waals surface area contributed by atoms with Gasteiger partial charge in [0.1, 0.15) is 6.61 Å². The van der Waals surface area contributed by atoms with E-state index in [1.54, 1.807) is 0 Å². The second-order valence-electron chi connectivity index (χ2n) is 22.6. The maximum atomic E-state index is 12.3. The standard InChI is InChI=1S/C65H128O5/c1-3-5-7-9-11-13-15-17-19-21-22-23-24-25-26-27-28-29-30-31-32-33-34-35-36-37-38-39-40-41-42-43-44-46-48-50-52-54-56-58-60-65(68)70-63(61-66)62-69-64(67)59-57-55-53-51-49-47-45-20-18-16-14-12-10-8-6-4-2/h63,66H,3-62H2,1-2H3. The van der Waals surface area contributed by atoms with Gasteiger partial charge in [0.05, 0.1) is 6.61 Å². The number of carbonyl (C=O) groups is 2. The maximum Gasteiger partial charge on any atom is 0.306 e. The van der Waals surface area contributed by atoms with Crippen LogP contribution in [-0.2, 0) is 19.1 Å². The highest BCUT2D eigenvalue weighted by molar-refractivity contribution is 5.70. The van der Waals surface area contributed by atoms with Gasteiger partial charge in [-0.3, -0.25) is 9.59 Å². The van der Waals surface area contributed by atoms with E-state index in [9.17, 15) is 14.7 Å². The molecule has 0 spiro atoms. The second kappa shape index (κ2) is 62.2. The summed E-state index contributed by atoms with van der Waals surface area (Å²) in [7, 11) is 0. The average molecular weight is 990 g/mol. The normalized spacial score (nSPS) is 12.0. The highest BCUT2D eigenvalue weighted by Crippen LogP contribution is 2.19. The van der Waals surface area contributed by atoms with Crippen molar-refractivity contribution in [1.82, 2.24) is 0 Å². The van der Waals surface area contributed by atoms with Gasteiger partial charge in [-0.15, -0.1) is 0 Å². The fraction of sp³-hybridized carbons (Fsp3) is 0.969. The number of aliphatic hydroxyl groups excluding tert-OH is 1. The topological polar surface area (TPSA) is 72.8 Å². The summed E-state index contributed by atoms with van der Waals surface area (Å²) in [6.45, 7) is 4.21. The number of esters is 2. The Morgan fingerprint density at radius 3 is 0.629 bits per heavy atom. The minimum Gasteiger partial charge on any atom is -0.462 e. The number of ether oxygens (including phenoxy) is 2. The monoisotopic (exact) mass is 989 g/mol. The van der Waals surface area contributed by atoms with Crippen molar-refractivity contribution < 1.29 is 24.2 Å². The van der Waals surface area contributed by atoms with E-state index in [1.807, 2.05) is 0 Å². The molecule has 0 saturated carbocycles. The molecular formula is C65H128O5. The number of rotatable bonds is 62. The molecule has 5 heteroatoms. The van der Waals surface area contributed by atoms with Crippen molar-refractivity contribution in [3.63, 3.8) is 0 Å². The molecule has 1 unspecified atom stereocenters. The Labute approximate surface area is 439 Å². The number of unbranched alkanes of at least 4 members (excludes halogenated alkanes) is 54. The van der Waals surface area contributed by atoms with Crippen molar-refractivity contribution in [1.29, 1.82) is 0 Å². The van der Waals surface area contributed by atoms with Crippen LogP contribution >= 0.6 is 0 Å². The van der Waals surface area contributed by atoms with Gasteiger partial charge in [0.25, 0.3) is 0 Å². The summed E-state index contributed by atoms with van der Waals surface area (Å²) < 4.78 is 10.7. The highest BCUT2D eigenvalue weighted by atomic mass is 16.6. The molecule has 0 aliphatic carbocycles. The maximum absolute atomic E-state index is 12.3. The first-order valence-electron chi connectivity index (χ1n) is 32.6. The summed E-state index contributed by atoms with van der Waals surface area (Å²) in [6.07, 6.45) is 77.1. The zero-order valence-electron chi connectivity index (χ0n) is 48.1. The summed E-state index contributed by atoms with van der Waals surface area (Å²) in [5, 5.41) is 9.65. The summed E-state index contributed by atoms with van der Waals surface area (Å²) in [6, 6.07) is 0. The van der Waals surface area contributed by atoms with Gasteiger partial charge in [-0.25, -0.2) is 0 Å². The van der Waals surface area contributed by atoms with Crippen LogP contribution in [0.4, 0.5) is 0 Å². The Morgan fingerprint density at radius 2 is 0.443 bits per heavy atom. The van der Waals surface area contributed by atoms with Gasteiger partial charge in [0.15, 0.2) is 6.10 Å². The van der Waals surface area contributed by atoms with Crippen molar-refractivity contribution in [3.05, 3.63) is 0 Å². The summed E-state index contributed by atoms with van der Waals surface area (Å²) in [5.41, 5.74) is 0. The number of hydrogen-bond acceptors (Lipinski definition) is 5. The minimum absolute atomic E-state index is 0.0559. The summed E-state index contributed by atoms with van der Waals surface area (Å²) in [4.78, 5) is 24.5. The first-order chi connectivity index (χ1) is 34.6. The zero-order chi connectivity index (χ0) is 50.6. The third-order valence-corrected chi connectivity index (χ3v) is 15.4. The predicted octanol–water partition coefficient (Wildman–Crippen LogP) is 22.1. The lowest BCUT2D eigenvalue weighted by Gasteiger charge is -2.15. The van der Waals surface area contributed by atoms with Gasteiger partial charge in [0, 0.05) is 12.8 Å². The van der Waals surface area contributed by atoms with E-state index in [0.29, 0.717) is 12.8 Å². The van der Waals surface area contributed by atoms with Gasteiger partial charge in [0.2, 0.25) is 0 Å². The predicted molar refractivity (Wildman–Crippen MR) is 307 cm³/mol. The van der Waals surface area contributed by atoms with Crippen molar-refractivity contribution in [2.45, 2.75) is 392 Å². The molecule has 1 atom stereocenters. The van der Waals surface area contributed by atoms with Crippen molar-refractivity contribution in [2.24, 2.45) is 0 Å². The first kappa shape index (κ1) is 68.9. The Bertz CT molecular complexity index is 983. The molecule has 5 nitrogen and oxygen atoms in total. The molecular weight excluding hydrogens is 861 g/mol. The SMILES string of the molecule is CCCCCCCCCCCCCCCCCCCCCCCCCCCCCCCCCCCCCCCCCCC(=O)OC(CO)COC(=O)CCCCCCCCCCCCCCCCCC. The van der Waals surface area contributed by atoms with Crippen LogP contribution in [0.3, 0.4) is 0 Å². The van der Waals surface area contributed by atoms with Crippen LogP contribution in [0.5, 0.6) is 0 Å². The van der Waals surface area contributed by atoms with E-state index in [1.165, 1.54) is 327 Å². The Balaban J connectivity index is 3.31. The lowest BCUT2D eigenvalue weighted by molar-refractivity contribution is -0.161. The Morgan fingerprint density at radius 1 is 0.271 bits per heavy atom. The smallest absolute Gasteiger partial charge is 0.306 e. The molecule has 0 heterocycles. The Kier molecular flexibility index (Phi) is 61.2. The van der Waals surface area contributed by atoms with E-state index in [-0.39, 0.29) is 25.2 Å². The number of aliphatic hydroxyl groups is 1. The van der Waals surface area contributed by atoms with Crippen LogP contribution in [0.25, 0.3) is 0 Å². The van der Waals surface area contributed by atoms with E-state index in [2.05, 4.69) is 13.8 Å². The number of hydrogen-bond donors (Lipinski definition) is 1. The third-order valence-electron chi connectivity index (χ3n) is 15.4. The number of carbonyl (C=O) groups excluding carboxylic acids is 2. The lowest BCUT2D eigenvalue weighted by atomic mass is 10.0. The molecule has 0 aliphatic heterocycles. The molecule has 0 amide bonds. The molecule has 0 saturated heterocycles. The van der Waals surface area contributed by atoms with Crippen molar-refractivity contribution in [2.75, 3.05) is 13.2 Å². The summed E-state index contributed by atoms with van der Waals surface area (Å²) in [5.74, 6) is -0.563. The zero-order valence-corrected chi connectivity index (χ0v) is 48.1. The van der Waals surface area contributed by atoms with Crippen LogP contribution in [0.2, 0.25) is 0 Å². The molecule has 0 aliphatic rings.